The lowest BCUT2D eigenvalue weighted by molar-refractivity contribution is 0.0828. The van der Waals surface area contributed by atoms with Gasteiger partial charge >= 0.3 is 0 Å². The number of nitrogen functional groups attached to an aromatic ring is 1. The van der Waals surface area contributed by atoms with Crippen molar-refractivity contribution in [2.45, 2.75) is 0 Å². The zero-order valence-electron chi connectivity index (χ0n) is 11.7. The van der Waals surface area contributed by atoms with Crippen molar-refractivity contribution in [2.75, 3.05) is 49.3 Å². The van der Waals surface area contributed by atoms with Crippen LogP contribution in [-0.4, -0.2) is 57.9 Å². The van der Waals surface area contributed by atoms with Crippen LogP contribution in [0.15, 0.2) is 18.2 Å². The molecular formula is C13H19N3O3S. The lowest BCUT2D eigenvalue weighted by Gasteiger charge is -2.30. The predicted octanol–water partition coefficient (Wildman–Crippen LogP) is 0.205. The molecule has 0 aliphatic carbocycles. The van der Waals surface area contributed by atoms with Gasteiger partial charge in [0.15, 0.2) is 9.84 Å². The summed E-state index contributed by atoms with van der Waals surface area (Å²) < 4.78 is 23.0. The summed E-state index contributed by atoms with van der Waals surface area (Å²) in [4.78, 5) is 15.6. The lowest BCUT2D eigenvalue weighted by Crippen LogP contribution is -2.41. The number of hydrogen-bond donors (Lipinski definition) is 1. The molecule has 1 aliphatic rings. The molecule has 0 saturated carbocycles. The van der Waals surface area contributed by atoms with E-state index in [1.54, 1.807) is 32.3 Å². The zero-order valence-corrected chi connectivity index (χ0v) is 12.5. The van der Waals surface area contributed by atoms with Crippen LogP contribution in [0.25, 0.3) is 0 Å². The number of benzene rings is 1. The largest absolute Gasteiger partial charge is 0.399 e. The fraction of sp³-hybridized carbons (Fsp3) is 0.462. The highest BCUT2D eigenvalue weighted by atomic mass is 32.2. The molecule has 1 fully saturated rings. The van der Waals surface area contributed by atoms with Crippen molar-refractivity contribution in [1.82, 2.24) is 4.90 Å². The van der Waals surface area contributed by atoms with E-state index in [0.717, 1.165) is 0 Å². The molecule has 2 N–H and O–H groups in total. The number of nitrogens with two attached hydrogens (primary N) is 1. The van der Waals surface area contributed by atoms with Gasteiger partial charge in [-0.05, 0) is 18.2 Å². The molecule has 0 atom stereocenters. The summed E-state index contributed by atoms with van der Waals surface area (Å²) in [5.41, 5.74) is 7.60. The maximum atomic E-state index is 12.2. The van der Waals surface area contributed by atoms with Crippen molar-refractivity contribution in [3.8, 4) is 0 Å². The van der Waals surface area contributed by atoms with Gasteiger partial charge in [0.25, 0.3) is 5.91 Å². The van der Waals surface area contributed by atoms with Gasteiger partial charge < -0.3 is 15.5 Å². The molecule has 1 heterocycles. The summed E-state index contributed by atoms with van der Waals surface area (Å²) >= 11 is 0. The van der Waals surface area contributed by atoms with Crippen LogP contribution in [0.3, 0.4) is 0 Å². The highest BCUT2D eigenvalue weighted by Gasteiger charge is 2.25. The first-order valence-electron chi connectivity index (χ1n) is 6.37. The molecule has 110 valence electrons. The van der Waals surface area contributed by atoms with Gasteiger partial charge in [-0.25, -0.2) is 8.42 Å². The third kappa shape index (κ3) is 3.04. The summed E-state index contributed by atoms with van der Waals surface area (Å²) in [6, 6.07) is 5.10. The third-order valence-electron chi connectivity index (χ3n) is 3.34. The molecule has 0 bridgehead atoms. The Morgan fingerprint density at radius 1 is 1.25 bits per heavy atom. The number of carbonyl (C=O) groups excluding carboxylic acids is 1. The van der Waals surface area contributed by atoms with E-state index in [-0.39, 0.29) is 17.4 Å². The van der Waals surface area contributed by atoms with E-state index in [1.807, 2.05) is 4.90 Å². The molecule has 1 aromatic carbocycles. The molecule has 1 aliphatic heterocycles. The van der Waals surface area contributed by atoms with Crippen LogP contribution < -0.4 is 10.6 Å². The average molecular weight is 297 g/mol. The van der Waals surface area contributed by atoms with Gasteiger partial charge in [-0.15, -0.1) is 0 Å². The van der Waals surface area contributed by atoms with Crippen molar-refractivity contribution >= 4 is 27.1 Å². The maximum absolute atomic E-state index is 12.2. The Labute approximate surface area is 119 Å². The SMILES string of the molecule is CN(C)C(=O)c1ccc(N)cc1N1CCS(=O)(=O)CC1. The molecule has 20 heavy (non-hydrogen) atoms. The van der Waals surface area contributed by atoms with E-state index < -0.39 is 9.84 Å². The molecule has 1 aromatic rings. The van der Waals surface area contributed by atoms with Crippen molar-refractivity contribution in [1.29, 1.82) is 0 Å². The second-order valence-electron chi connectivity index (χ2n) is 5.12. The second-order valence-corrected chi connectivity index (χ2v) is 7.42. The Hall–Kier alpha value is -1.76. The van der Waals surface area contributed by atoms with Gasteiger partial charge in [0.1, 0.15) is 0 Å². The topological polar surface area (TPSA) is 83.7 Å². The average Bonchev–Trinajstić information content (AvgIpc) is 2.37. The van der Waals surface area contributed by atoms with Crippen LogP contribution in [0.5, 0.6) is 0 Å². The minimum absolute atomic E-state index is 0.109. The Bertz CT molecular complexity index is 612. The summed E-state index contributed by atoms with van der Waals surface area (Å²) in [5, 5.41) is 0. The Kier molecular flexibility index (Phi) is 3.89. The number of amides is 1. The first-order valence-corrected chi connectivity index (χ1v) is 8.19. The molecule has 0 unspecified atom stereocenters. The quantitative estimate of drug-likeness (QED) is 0.789. The number of nitrogens with zero attached hydrogens (tertiary/aromatic N) is 2. The summed E-state index contributed by atoms with van der Waals surface area (Å²) in [6.07, 6.45) is 0. The van der Waals surface area contributed by atoms with Crippen LogP contribution in [-0.2, 0) is 9.84 Å². The van der Waals surface area contributed by atoms with E-state index in [0.29, 0.717) is 30.0 Å². The lowest BCUT2D eigenvalue weighted by atomic mass is 10.1. The standard InChI is InChI=1S/C13H19N3O3S/c1-15(2)13(17)11-4-3-10(14)9-12(11)16-5-7-20(18,19)8-6-16/h3-4,9H,5-8,14H2,1-2H3. The third-order valence-corrected chi connectivity index (χ3v) is 4.95. The van der Waals surface area contributed by atoms with Crippen molar-refractivity contribution < 1.29 is 13.2 Å². The fourth-order valence-electron chi connectivity index (χ4n) is 2.19. The molecule has 1 saturated heterocycles. The van der Waals surface area contributed by atoms with E-state index in [4.69, 9.17) is 5.73 Å². The van der Waals surface area contributed by atoms with Crippen LogP contribution in [0.1, 0.15) is 10.4 Å². The highest BCUT2D eigenvalue weighted by Crippen LogP contribution is 2.26. The van der Waals surface area contributed by atoms with Crippen molar-refractivity contribution in [2.24, 2.45) is 0 Å². The zero-order chi connectivity index (χ0) is 14.9. The summed E-state index contributed by atoms with van der Waals surface area (Å²) in [7, 11) is 0.416. The number of rotatable bonds is 2. The molecule has 0 aromatic heterocycles. The van der Waals surface area contributed by atoms with Gasteiger partial charge in [0, 0.05) is 32.9 Å². The van der Waals surface area contributed by atoms with Gasteiger partial charge in [0.2, 0.25) is 0 Å². The summed E-state index contributed by atoms with van der Waals surface area (Å²) in [5.74, 6) is 0.0999. The summed E-state index contributed by atoms with van der Waals surface area (Å²) in [6.45, 7) is 0.777. The van der Waals surface area contributed by atoms with Crippen LogP contribution in [0, 0.1) is 0 Å². The molecule has 0 radical (unpaired) electrons. The Balaban J connectivity index is 2.35. The first-order chi connectivity index (χ1) is 9.30. The van der Waals surface area contributed by atoms with Crippen molar-refractivity contribution in [3.05, 3.63) is 23.8 Å². The minimum atomic E-state index is -2.95. The highest BCUT2D eigenvalue weighted by molar-refractivity contribution is 7.91. The number of sulfone groups is 1. The maximum Gasteiger partial charge on any atom is 0.255 e. The molecule has 1 amide bonds. The first kappa shape index (κ1) is 14.6. The fourth-order valence-corrected chi connectivity index (χ4v) is 3.39. The Morgan fingerprint density at radius 2 is 1.85 bits per heavy atom. The molecule has 0 spiro atoms. The number of carbonyl (C=O) groups is 1. The van der Waals surface area contributed by atoms with E-state index >= 15 is 0 Å². The van der Waals surface area contributed by atoms with Gasteiger partial charge in [0.05, 0.1) is 22.8 Å². The predicted molar refractivity (Wildman–Crippen MR) is 79.7 cm³/mol. The van der Waals surface area contributed by atoms with Gasteiger partial charge in [-0.2, -0.15) is 0 Å². The smallest absolute Gasteiger partial charge is 0.255 e. The van der Waals surface area contributed by atoms with E-state index in [9.17, 15) is 13.2 Å². The van der Waals surface area contributed by atoms with E-state index in [1.165, 1.54) is 4.90 Å². The van der Waals surface area contributed by atoms with Crippen LogP contribution in [0.4, 0.5) is 11.4 Å². The molecule has 6 nitrogen and oxygen atoms in total. The van der Waals surface area contributed by atoms with Crippen LogP contribution in [0.2, 0.25) is 0 Å². The monoisotopic (exact) mass is 297 g/mol. The minimum Gasteiger partial charge on any atom is -0.399 e. The molecular weight excluding hydrogens is 278 g/mol. The van der Waals surface area contributed by atoms with Gasteiger partial charge in [-0.3, -0.25) is 4.79 Å². The Morgan fingerprint density at radius 3 is 2.40 bits per heavy atom. The number of hydrogen-bond acceptors (Lipinski definition) is 5. The normalized spacial score (nSPS) is 17.8. The molecule has 7 heteroatoms. The second kappa shape index (κ2) is 5.32. The molecule has 2 rings (SSSR count). The van der Waals surface area contributed by atoms with Gasteiger partial charge in [-0.1, -0.05) is 0 Å². The number of anilines is 2. The van der Waals surface area contributed by atoms with Crippen LogP contribution >= 0.6 is 0 Å². The van der Waals surface area contributed by atoms with Crippen molar-refractivity contribution in [3.63, 3.8) is 0 Å². The van der Waals surface area contributed by atoms with E-state index in [2.05, 4.69) is 0 Å².